The molecule has 0 aliphatic carbocycles. The molecule has 2 aromatic rings. The van der Waals surface area contributed by atoms with Crippen LogP contribution in [0.2, 0.25) is 0 Å². The van der Waals surface area contributed by atoms with Crippen LogP contribution in [0.25, 0.3) is 0 Å². The van der Waals surface area contributed by atoms with Crippen LogP contribution in [-0.4, -0.2) is 17.1 Å². The summed E-state index contributed by atoms with van der Waals surface area (Å²) in [5.74, 6) is -1.03. The van der Waals surface area contributed by atoms with Gasteiger partial charge in [-0.2, -0.15) is 0 Å². The third kappa shape index (κ3) is 3.82. The van der Waals surface area contributed by atoms with Gasteiger partial charge in [0.25, 0.3) is 0 Å². The Kier molecular flexibility index (Phi) is 4.59. The van der Waals surface area contributed by atoms with Crippen molar-refractivity contribution in [2.45, 2.75) is 6.92 Å². The minimum Gasteiger partial charge on any atom is -0.478 e. The number of halogens is 1. The topological polar surface area (TPSA) is 78.4 Å². The maximum Gasteiger partial charge on any atom is 0.336 e. The van der Waals surface area contributed by atoms with Gasteiger partial charge in [0.15, 0.2) is 0 Å². The quantitative estimate of drug-likeness (QED) is 0.781. The van der Waals surface area contributed by atoms with E-state index in [0.717, 1.165) is 4.47 Å². The number of para-hydroxylation sites is 1. The summed E-state index contributed by atoms with van der Waals surface area (Å²) in [6.07, 6.45) is 0. The fourth-order valence-corrected chi connectivity index (χ4v) is 2.16. The van der Waals surface area contributed by atoms with E-state index in [0.29, 0.717) is 16.9 Å². The number of carboxylic acid groups (broad SMARTS) is 1. The summed E-state index contributed by atoms with van der Waals surface area (Å²) >= 11 is 3.33. The van der Waals surface area contributed by atoms with Crippen LogP contribution < -0.4 is 10.6 Å². The maximum atomic E-state index is 11.9. The molecule has 0 fully saturated rings. The molecule has 2 rings (SSSR count). The van der Waals surface area contributed by atoms with E-state index in [4.69, 9.17) is 5.11 Å². The number of hydrogen-bond acceptors (Lipinski definition) is 2. The summed E-state index contributed by atoms with van der Waals surface area (Å²) in [6, 6.07) is 11.5. The molecule has 0 saturated carbocycles. The number of amides is 2. The highest BCUT2D eigenvalue weighted by atomic mass is 79.9. The van der Waals surface area contributed by atoms with Crippen LogP contribution in [0.1, 0.15) is 15.9 Å². The van der Waals surface area contributed by atoms with Crippen molar-refractivity contribution in [3.05, 3.63) is 58.1 Å². The molecule has 3 N–H and O–H groups in total. The van der Waals surface area contributed by atoms with Crippen molar-refractivity contribution in [2.75, 3.05) is 10.6 Å². The summed E-state index contributed by atoms with van der Waals surface area (Å²) in [4.78, 5) is 23.0. The molecule has 0 unspecified atom stereocenters. The number of nitrogens with one attached hydrogen (secondary N) is 2. The first-order valence-electron chi connectivity index (χ1n) is 6.14. The van der Waals surface area contributed by atoms with Crippen LogP contribution in [0.15, 0.2) is 46.9 Å². The van der Waals surface area contributed by atoms with Gasteiger partial charge in [-0.1, -0.05) is 18.2 Å². The summed E-state index contributed by atoms with van der Waals surface area (Å²) in [5, 5.41) is 14.3. The number of carboxylic acids is 1. The van der Waals surface area contributed by atoms with Crippen LogP contribution in [-0.2, 0) is 0 Å². The van der Waals surface area contributed by atoms with Gasteiger partial charge < -0.3 is 15.7 Å². The van der Waals surface area contributed by atoms with E-state index >= 15 is 0 Å². The lowest BCUT2D eigenvalue weighted by Crippen LogP contribution is -2.20. The van der Waals surface area contributed by atoms with Crippen molar-refractivity contribution in [1.82, 2.24) is 0 Å². The van der Waals surface area contributed by atoms with Crippen molar-refractivity contribution >= 4 is 39.3 Å². The molecule has 108 valence electrons. The SMILES string of the molecule is Cc1ccc(NC(=O)Nc2ccccc2Br)cc1C(=O)O. The molecule has 0 aliphatic rings. The Balaban J connectivity index is 2.12. The second kappa shape index (κ2) is 6.41. The Bertz CT molecular complexity index is 701. The van der Waals surface area contributed by atoms with Crippen molar-refractivity contribution < 1.29 is 14.7 Å². The normalized spacial score (nSPS) is 10.0. The lowest BCUT2D eigenvalue weighted by Gasteiger charge is -2.10. The lowest BCUT2D eigenvalue weighted by molar-refractivity contribution is 0.0696. The number of aryl methyl sites for hydroxylation is 1. The van der Waals surface area contributed by atoms with E-state index in [2.05, 4.69) is 26.6 Å². The van der Waals surface area contributed by atoms with Gasteiger partial charge in [-0.3, -0.25) is 0 Å². The molecule has 0 radical (unpaired) electrons. The molecular weight excluding hydrogens is 336 g/mol. The van der Waals surface area contributed by atoms with Crippen molar-refractivity contribution in [3.63, 3.8) is 0 Å². The fourth-order valence-electron chi connectivity index (χ4n) is 1.78. The number of aromatic carboxylic acids is 1. The Morgan fingerprint density at radius 1 is 1.10 bits per heavy atom. The van der Waals surface area contributed by atoms with Gasteiger partial charge in [0, 0.05) is 10.2 Å². The Morgan fingerprint density at radius 3 is 2.48 bits per heavy atom. The first kappa shape index (κ1) is 15.1. The molecule has 0 spiro atoms. The second-order valence-corrected chi connectivity index (χ2v) is 5.25. The van der Waals surface area contributed by atoms with Crippen LogP contribution in [0.3, 0.4) is 0 Å². The fraction of sp³-hybridized carbons (Fsp3) is 0.0667. The summed E-state index contributed by atoms with van der Waals surface area (Å²) in [6.45, 7) is 1.70. The molecule has 0 atom stereocenters. The van der Waals surface area contributed by atoms with Crippen LogP contribution in [0, 0.1) is 6.92 Å². The van der Waals surface area contributed by atoms with Gasteiger partial charge >= 0.3 is 12.0 Å². The zero-order chi connectivity index (χ0) is 15.4. The van der Waals surface area contributed by atoms with E-state index in [1.807, 2.05) is 12.1 Å². The van der Waals surface area contributed by atoms with Crippen molar-refractivity contribution in [2.24, 2.45) is 0 Å². The second-order valence-electron chi connectivity index (χ2n) is 4.39. The van der Waals surface area contributed by atoms with Crippen molar-refractivity contribution in [3.8, 4) is 0 Å². The van der Waals surface area contributed by atoms with Gasteiger partial charge in [-0.05, 0) is 52.7 Å². The monoisotopic (exact) mass is 348 g/mol. The number of urea groups is 1. The molecule has 0 saturated heterocycles. The number of anilines is 2. The van der Waals surface area contributed by atoms with Gasteiger partial charge in [0.05, 0.1) is 11.3 Å². The number of carbonyl (C=O) groups is 2. The predicted molar refractivity (Wildman–Crippen MR) is 84.9 cm³/mol. The van der Waals surface area contributed by atoms with Crippen molar-refractivity contribution in [1.29, 1.82) is 0 Å². The summed E-state index contributed by atoms with van der Waals surface area (Å²) < 4.78 is 0.760. The zero-order valence-corrected chi connectivity index (χ0v) is 12.8. The Morgan fingerprint density at radius 2 is 1.81 bits per heavy atom. The standard InChI is InChI=1S/C15H13BrN2O3/c1-9-6-7-10(8-11(9)14(19)20)17-15(21)18-13-5-3-2-4-12(13)16/h2-8H,1H3,(H,19,20)(H2,17,18,21). The zero-order valence-electron chi connectivity index (χ0n) is 11.2. The van der Waals surface area contributed by atoms with E-state index in [1.165, 1.54) is 6.07 Å². The molecular formula is C15H13BrN2O3. The average molecular weight is 349 g/mol. The van der Waals surface area contributed by atoms with Gasteiger partial charge in [0.1, 0.15) is 0 Å². The molecule has 0 heterocycles. The van der Waals surface area contributed by atoms with Gasteiger partial charge in [-0.15, -0.1) is 0 Å². The van der Waals surface area contributed by atoms with Gasteiger partial charge in [0.2, 0.25) is 0 Å². The summed E-state index contributed by atoms with van der Waals surface area (Å²) in [7, 11) is 0. The first-order chi connectivity index (χ1) is 9.97. The Hall–Kier alpha value is -2.34. The molecule has 5 nitrogen and oxygen atoms in total. The molecule has 0 aliphatic heterocycles. The molecule has 0 bridgehead atoms. The molecule has 21 heavy (non-hydrogen) atoms. The molecule has 2 amide bonds. The van der Waals surface area contributed by atoms with Crippen LogP contribution >= 0.6 is 15.9 Å². The van der Waals surface area contributed by atoms with Crippen LogP contribution in [0.4, 0.5) is 16.2 Å². The lowest BCUT2D eigenvalue weighted by atomic mass is 10.1. The highest BCUT2D eigenvalue weighted by molar-refractivity contribution is 9.10. The minimum absolute atomic E-state index is 0.161. The Labute approximate surface area is 130 Å². The predicted octanol–water partition coefficient (Wildman–Crippen LogP) is 4.10. The van der Waals surface area contributed by atoms with E-state index in [-0.39, 0.29) is 5.56 Å². The average Bonchev–Trinajstić information content (AvgIpc) is 2.43. The molecule has 6 heteroatoms. The third-order valence-electron chi connectivity index (χ3n) is 2.85. The number of carbonyl (C=O) groups excluding carboxylic acids is 1. The first-order valence-corrected chi connectivity index (χ1v) is 6.93. The molecule has 2 aromatic carbocycles. The minimum atomic E-state index is -1.03. The largest absolute Gasteiger partial charge is 0.478 e. The number of rotatable bonds is 3. The van der Waals surface area contributed by atoms with Gasteiger partial charge in [-0.25, -0.2) is 9.59 Å². The number of hydrogen-bond donors (Lipinski definition) is 3. The maximum absolute atomic E-state index is 11.9. The van der Waals surface area contributed by atoms with E-state index in [1.54, 1.807) is 31.2 Å². The summed E-state index contributed by atoms with van der Waals surface area (Å²) in [5.41, 5.74) is 1.84. The van der Waals surface area contributed by atoms with E-state index in [9.17, 15) is 9.59 Å². The molecule has 0 aromatic heterocycles. The third-order valence-corrected chi connectivity index (χ3v) is 3.54. The van der Waals surface area contributed by atoms with E-state index < -0.39 is 12.0 Å². The highest BCUT2D eigenvalue weighted by Gasteiger charge is 2.10. The number of benzene rings is 2. The van der Waals surface area contributed by atoms with Crippen LogP contribution in [0.5, 0.6) is 0 Å². The smallest absolute Gasteiger partial charge is 0.336 e. The highest BCUT2D eigenvalue weighted by Crippen LogP contribution is 2.21.